The number of nitrogens with zero attached hydrogens (tertiary/aromatic N) is 3. The number of hydrogen-bond acceptors (Lipinski definition) is 8. The van der Waals surface area contributed by atoms with Crippen molar-refractivity contribution in [2.24, 2.45) is 0 Å². The van der Waals surface area contributed by atoms with Crippen LogP contribution in [0.15, 0.2) is 47.7 Å². The Kier molecular flexibility index (Phi) is 7.28. The van der Waals surface area contributed by atoms with Crippen molar-refractivity contribution >= 4 is 28.4 Å². The molecule has 3 heterocycles. The van der Waals surface area contributed by atoms with Gasteiger partial charge in [-0.3, -0.25) is 24.5 Å². The quantitative estimate of drug-likeness (QED) is 0.371. The van der Waals surface area contributed by atoms with Gasteiger partial charge >= 0.3 is 0 Å². The number of hydrogen-bond donors (Lipinski definition) is 3. The molecule has 0 aromatic carbocycles. The summed E-state index contributed by atoms with van der Waals surface area (Å²) in [5.74, 6) is -0.490. The molecule has 0 aliphatic heterocycles. The van der Waals surface area contributed by atoms with Crippen LogP contribution in [0, 0.1) is 17.7 Å². The average molecular weight is 472 g/mol. The van der Waals surface area contributed by atoms with E-state index in [2.05, 4.69) is 15.3 Å². The van der Waals surface area contributed by atoms with Crippen molar-refractivity contribution in [2.45, 2.75) is 13.3 Å². The summed E-state index contributed by atoms with van der Waals surface area (Å²) < 4.78 is 33.2. The second-order valence-corrected chi connectivity index (χ2v) is 7.51. The molecule has 170 valence electrons. The lowest BCUT2D eigenvalue weighted by atomic mass is 10.00. The third-order valence-electron chi connectivity index (χ3n) is 4.48. The van der Waals surface area contributed by atoms with Crippen molar-refractivity contribution in [1.29, 1.82) is 10.8 Å². The second-order valence-electron chi connectivity index (χ2n) is 6.63. The predicted molar refractivity (Wildman–Crippen MR) is 121 cm³/mol. The van der Waals surface area contributed by atoms with Crippen molar-refractivity contribution in [1.82, 2.24) is 19.9 Å². The molecule has 0 unspecified atom stereocenters. The zero-order chi connectivity index (χ0) is 24.1. The number of amidine groups is 1. The van der Waals surface area contributed by atoms with Gasteiger partial charge in [0.1, 0.15) is 17.3 Å². The molecular formula is C21H18F2N6O3S. The molecule has 0 saturated heterocycles. The number of carbonyl (C=O) groups excluding carboxylic acids is 1. The number of nitrogens with one attached hydrogen (secondary N) is 3. The van der Waals surface area contributed by atoms with Gasteiger partial charge in [-0.05, 0) is 42.4 Å². The fourth-order valence-electron chi connectivity index (χ4n) is 2.96. The number of thioether (sulfide) groups is 1. The van der Waals surface area contributed by atoms with E-state index in [-0.39, 0.29) is 39.0 Å². The Morgan fingerprint density at radius 3 is 2.64 bits per heavy atom. The molecule has 3 aromatic heterocycles. The number of methoxy groups -OCH3 is 1. The first-order chi connectivity index (χ1) is 15.7. The van der Waals surface area contributed by atoms with Crippen molar-refractivity contribution in [3.8, 4) is 22.7 Å². The number of halogens is 2. The molecule has 0 spiro atoms. The Balaban J connectivity index is 2.24. The monoisotopic (exact) mass is 472 g/mol. The molecule has 0 fully saturated rings. The minimum atomic E-state index is -2.87. The van der Waals surface area contributed by atoms with Crippen molar-refractivity contribution in [3.05, 3.63) is 70.0 Å². The summed E-state index contributed by atoms with van der Waals surface area (Å²) in [5.41, 5.74) is 0.919. The number of aryl methyl sites for hydroxylation is 1. The van der Waals surface area contributed by atoms with Gasteiger partial charge in [0.05, 0.1) is 24.4 Å². The maximum absolute atomic E-state index is 13.4. The Bertz CT molecular complexity index is 1300. The van der Waals surface area contributed by atoms with Gasteiger partial charge < -0.3 is 15.5 Å². The number of aromatic nitrogens is 3. The van der Waals surface area contributed by atoms with Crippen LogP contribution >= 0.6 is 11.8 Å². The number of pyridine rings is 3. The van der Waals surface area contributed by atoms with Gasteiger partial charge in [-0.25, -0.2) is 13.8 Å². The van der Waals surface area contributed by atoms with Gasteiger partial charge in [-0.2, -0.15) is 0 Å². The summed E-state index contributed by atoms with van der Waals surface area (Å²) in [6.45, 7) is 1.76. The molecule has 0 aliphatic rings. The van der Waals surface area contributed by atoms with Crippen LogP contribution in [0.1, 0.15) is 28.0 Å². The third kappa shape index (κ3) is 5.29. The van der Waals surface area contributed by atoms with Crippen LogP contribution in [0.25, 0.3) is 16.9 Å². The largest absolute Gasteiger partial charge is 0.494 e. The van der Waals surface area contributed by atoms with E-state index in [0.717, 1.165) is 23.4 Å². The fourth-order valence-corrected chi connectivity index (χ4v) is 3.23. The van der Waals surface area contributed by atoms with E-state index in [1.165, 1.54) is 36.2 Å². The normalized spacial score (nSPS) is 10.7. The molecule has 0 bridgehead atoms. The Morgan fingerprint density at radius 2 is 2.00 bits per heavy atom. The zero-order valence-corrected chi connectivity index (χ0v) is 18.2. The van der Waals surface area contributed by atoms with E-state index in [4.69, 9.17) is 15.6 Å². The van der Waals surface area contributed by atoms with E-state index in [0.29, 0.717) is 11.8 Å². The molecular weight excluding hydrogens is 454 g/mol. The summed E-state index contributed by atoms with van der Waals surface area (Å²) in [5, 5.41) is 16.8. The fraction of sp³-hybridized carbons (Fsp3) is 0.143. The standard InChI is InChI=1S/C21H18F2N6O3S/c1-11-3-4-29(18(30)5-11)17-7-12(13-6-15(19(22)23)26-9-16(13)32-2)14(8-27-17)20(31)28-21(25)33-10-24/h3-10,19,24H,1-2H3,(H2,25,28,31). The van der Waals surface area contributed by atoms with E-state index < -0.39 is 18.0 Å². The first kappa shape index (κ1) is 23.7. The summed E-state index contributed by atoms with van der Waals surface area (Å²) in [6, 6.07) is 5.59. The lowest BCUT2D eigenvalue weighted by Crippen LogP contribution is -2.28. The zero-order valence-electron chi connectivity index (χ0n) is 17.4. The number of carbonyl (C=O) groups is 1. The third-order valence-corrected chi connectivity index (χ3v) is 4.94. The molecule has 0 radical (unpaired) electrons. The number of amides is 1. The molecule has 0 atom stereocenters. The number of rotatable bonds is 6. The SMILES string of the molecule is COc1cnc(C(F)F)cc1-c1cc(-n2ccc(C)cc2=O)ncc1C(=O)NC(=N)SC=N. The van der Waals surface area contributed by atoms with Crippen LogP contribution in [0.4, 0.5) is 8.78 Å². The van der Waals surface area contributed by atoms with Crippen LogP contribution in [0.3, 0.4) is 0 Å². The smallest absolute Gasteiger partial charge is 0.280 e. The summed E-state index contributed by atoms with van der Waals surface area (Å²) in [4.78, 5) is 33.2. The predicted octanol–water partition coefficient (Wildman–Crippen LogP) is 3.55. The van der Waals surface area contributed by atoms with Gasteiger partial charge in [0.25, 0.3) is 17.9 Å². The Morgan fingerprint density at radius 1 is 1.24 bits per heavy atom. The minimum Gasteiger partial charge on any atom is -0.494 e. The number of ether oxygens (including phenoxy) is 1. The lowest BCUT2D eigenvalue weighted by Gasteiger charge is -2.15. The highest BCUT2D eigenvalue weighted by atomic mass is 32.2. The topological polar surface area (TPSA) is 134 Å². The molecule has 33 heavy (non-hydrogen) atoms. The van der Waals surface area contributed by atoms with Gasteiger partial charge in [0.15, 0.2) is 5.17 Å². The highest BCUT2D eigenvalue weighted by molar-refractivity contribution is 8.24. The molecule has 3 rings (SSSR count). The van der Waals surface area contributed by atoms with Crippen LogP contribution in [-0.4, -0.2) is 38.3 Å². The summed E-state index contributed by atoms with van der Waals surface area (Å²) in [7, 11) is 1.32. The maximum atomic E-state index is 13.4. The molecule has 3 N–H and O–H groups in total. The van der Waals surface area contributed by atoms with Gasteiger partial charge in [0.2, 0.25) is 0 Å². The molecule has 1 amide bonds. The van der Waals surface area contributed by atoms with Crippen molar-refractivity contribution < 1.29 is 18.3 Å². The summed E-state index contributed by atoms with van der Waals surface area (Å²) in [6.07, 6.45) is 0.930. The Hall–Kier alpha value is -3.93. The second kappa shape index (κ2) is 10.1. The molecule has 9 nitrogen and oxygen atoms in total. The van der Waals surface area contributed by atoms with Gasteiger partial charge in [-0.15, -0.1) is 0 Å². The van der Waals surface area contributed by atoms with Gasteiger partial charge in [0, 0.05) is 29.6 Å². The summed E-state index contributed by atoms with van der Waals surface area (Å²) >= 11 is 0.667. The minimum absolute atomic E-state index is 0.0565. The lowest BCUT2D eigenvalue weighted by molar-refractivity contribution is 0.0978. The molecule has 3 aromatic rings. The van der Waals surface area contributed by atoms with E-state index >= 15 is 0 Å². The van der Waals surface area contributed by atoms with Crippen LogP contribution in [0.2, 0.25) is 0 Å². The average Bonchev–Trinajstić information content (AvgIpc) is 2.78. The highest BCUT2D eigenvalue weighted by Crippen LogP contribution is 2.35. The number of alkyl halides is 2. The molecule has 0 aliphatic carbocycles. The van der Waals surface area contributed by atoms with E-state index in [1.807, 2.05) is 0 Å². The van der Waals surface area contributed by atoms with Gasteiger partial charge in [-0.1, -0.05) is 0 Å². The van der Waals surface area contributed by atoms with Crippen LogP contribution in [-0.2, 0) is 0 Å². The van der Waals surface area contributed by atoms with E-state index in [9.17, 15) is 18.4 Å². The van der Waals surface area contributed by atoms with E-state index in [1.54, 1.807) is 13.0 Å². The van der Waals surface area contributed by atoms with Crippen molar-refractivity contribution in [2.75, 3.05) is 7.11 Å². The van der Waals surface area contributed by atoms with Crippen molar-refractivity contribution in [3.63, 3.8) is 0 Å². The first-order valence-electron chi connectivity index (χ1n) is 9.32. The molecule has 0 saturated carbocycles. The Labute approximate surface area is 190 Å². The first-order valence-corrected chi connectivity index (χ1v) is 10.2. The van der Waals surface area contributed by atoms with Crippen LogP contribution < -0.4 is 15.6 Å². The van der Waals surface area contributed by atoms with Crippen LogP contribution in [0.5, 0.6) is 5.75 Å². The molecule has 12 heteroatoms. The maximum Gasteiger partial charge on any atom is 0.280 e. The highest BCUT2D eigenvalue weighted by Gasteiger charge is 2.22.